The molecule has 0 aliphatic carbocycles. The zero-order valence-electron chi connectivity index (χ0n) is 16.3. The van der Waals surface area contributed by atoms with Crippen LogP contribution in [-0.2, 0) is 11.3 Å². The summed E-state index contributed by atoms with van der Waals surface area (Å²) in [6.07, 6.45) is 4.45. The fourth-order valence-electron chi connectivity index (χ4n) is 3.25. The van der Waals surface area contributed by atoms with E-state index in [0.717, 1.165) is 31.2 Å². The standard InChI is InChI=1S/C20H28N4O3/c1-4-5-7-12-18(17-10-8-6-9-11-17)21-19(25)13-14-23-16(3)20(24(26)27)15(2)22-23/h6,8-11,18H,4-5,7,12-14H2,1-3H3,(H,21,25). The summed E-state index contributed by atoms with van der Waals surface area (Å²) >= 11 is 0. The van der Waals surface area contributed by atoms with Crippen molar-refractivity contribution in [3.8, 4) is 0 Å². The van der Waals surface area contributed by atoms with Gasteiger partial charge in [0.15, 0.2) is 0 Å². The zero-order valence-corrected chi connectivity index (χ0v) is 16.3. The quantitative estimate of drug-likeness (QED) is 0.384. The Balaban J connectivity index is 1.99. The summed E-state index contributed by atoms with van der Waals surface area (Å²) < 4.78 is 1.54. The summed E-state index contributed by atoms with van der Waals surface area (Å²) in [7, 11) is 0. The molecule has 2 rings (SSSR count). The van der Waals surface area contributed by atoms with Gasteiger partial charge in [-0.3, -0.25) is 19.6 Å². The number of carbonyl (C=O) groups excluding carboxylic acids is 1. The monoisotopic (exact) mass is 372 g/mol. The molecule has 1 atom stereocenters. The fraction of sp³-hybridized carbons (Fsp3) is 0.500. The topological polar surface area (TPSA) is 90.1 Å². The number of aromatic nitrogens is 2. The normalized spacial score (nSPS) is 12.0. The Bertz CT molecular complexity index is 771. The molecule has 0 saturated heterocycles. The summed E-state index contributed by atoms with van der Waals surface area (Å²) in [6.45, 7) is 5.75. The van der Waals surface area contributed by atoms with Crippen molar-refractivity contribution in [2.24, 2.45) is 0 Å². The molecule has 1 amide bonds. The number of nitro groups is 1. The van der Waals surface area contributed by atoms with Crippen LogP contribution >= 0.6 is 0 Å². The van der Waals surface area contributed by atoms with Gasteiger partial charge < -0.3 is 5.32 Å². The third-order valence-corrected chi connectivity index (χ3v) is 4.71. The lowest BCUT2D eigenvalue weighted by Crippen LogP contribution is -2.29. The highest BCUT2D eigenvalue weighted by atomic mass is 16.6. The van der Waals surface area contributed by atoms with Crippen molar-refractivity contribution >= 4 is 11.6 Å². The van der Waals surface area contributed by atoms with Crippen LogP contribution in [0.5, 0.6) is 0 Å². The van der Waals surface area contributed by atoms with E-state index in [4.69, 9.17) is 0 Å². The highest BCUT2D eigenvalue weighted by Gasteiger charge is 2.22. The van der Waals surface area contributed by atoms with Crippen molar-refractivity contribution in [2.75, 3.05) is 0 Å². The summed E-state index contributed by atoms with van der Waals surface area (Å²) in [5.74, 6) is -0.0736. The molecule has 0 aliphatic rings. The Hall–Kier alpha value is -2.70. The predicted octanol–water partition coefficient (Wildman–Crippen LogP) is 4.24. The molecule has 0 radical (unpaired) electrons. The maximum atomic E-state index is 12.5. The van der Waals surface area contributed by atoms with Crippen LogP contribution < -0.4 is 5.32 Å². The maximum absolute atomic E-state index is 12.5. The van der Waals surface area contributed by atoms with Crippen LogP contribution in [0.25, 0.3) is 0 Å². The Kier molecular flexibility index (Phi) is 7.52. The van der Waals surface area contributed by atoms with Gasteiger partial charge in [0.25, 0.3) is 0 Å². The molecule has 0 saturated carbocycles. The van der Waals surface area contributed by atoms with Gasteiger partial charge >= 0.3 is 5.69 Å². The molecular weight excluding hydrogens is 344 g/mol. The van der Waals surface area contributed by atoms with E-state index in [1.807, 2.05) is 30.3 Å². The zero-order chi connectivity index (χ0) is 19.8. The van der Waals surface area contributed by atoms with E-state index in [1.165, 1.54) is 0 Å². The lowest BCUT2D eigenvalue weighted by Gasteiger charge is -2.19. The summed E-state index contributed by atoms with van der Waals surface area (Å²) in [6, 6.07) is 9.96. The third-order valence-electron chi connectivity index (χ3n) is 4.71. The first-order valence-corrected chi connectivity index (χ1v) is 9.46. The van der Waals surface area contributed by atoms with Crippen LogP contribution in [0.3, 0.4) is 0 Å². The summed E-state index contributed by atoms with van der Waals surface area (Å²) in [4.78, 5) is 23.2. The van der Waals surface area contributed by atoms with Gasteiger partial charge in [-0.25, -0.2) is 0 Å². The summed E-state index contributed by atoms with van der Waals surface area (Å²) in [5, 5.41) is 18.4. The van der Waals surface area contributed by atoms with Gasteiger partial charge in [-0.05, 0) is 25.8 Å². The minimum atomic E-state index is -0.423. The van der Waals surface area contributed by atoms with E-state index in [9.17, 15) is 14.9 Å². The number of nitrogens with zero attached hydrogens (tertiary/aromatic N) is 3. The Morgan fingerprint density at radius 3 is 2.56 bits per heavy atom. The van der Waals surface area contributed by atoms with Gasteiger partial charge in [0.2, 0.25) is 5.91 Å². The molecule has 1 aromatic carbocycles. The van der Waals surface area contributed by atoms with Crippen molar-refractivity contribution < 1.29 is 9.72 Å². The molecule has 0 fully saturated rings. The molecule has 1 heterocycles. The fourth-order valence-corrected chi connectivity index (χ4v) is 3.25. The first-order valence-electron chi connectivity index (χ1n) is 9.46. The molecule has 7 nitrogen and oxygen atoms in total. The highest BCUT2D eigenvalue weighted by Crippen LogP contribution is 2.22. The lowest BCUT2D eigenvalue weighted by molar-refractivity contribution is -0.386. The molecule has 1 N–H and O–H groups in total. The second-order valence-electron chi connectivity index (χ2n) is 6.78. The Morgan fingerprint density at radius 1 is 1.26 bits per heavy atom. The minimum absolute atomic E-state index is 0.0139. The van der Waals surface area contributed by atoms with Crippen LogP contribution in [0.15, 0.2) is 30.3 Å². The average molecular weight is 372 g/mol. The summed E-state index contributed by atoms with van der Waals surface area (Å²) in [5.41, 5.74) is 1.98. The van der Waals surface area contributed by atoms with Gasteiger partial charge in [-0.2, -0.15) is 5.10 Å². The number of benzene rings is 1. The molecule has 0 bridgehead atoms. The molecule has 2 aromatic rings. The average Bonchev–Trinajstić information content (AvgIpc) is 2.93. The third kappa shape index (κ3) is 5.64. The number of amides is 1. The Morgan fingerprint density at radius 2 is 1.96 bits per heavy atom. The van der Waals surface area contributed by atoms with E-state index in [1.54, 1.807) is 18.5 Å². The van der Waals surface area contributed by atoms with E-state index < -0.39 is 4.92 Å². The Labute approximate surface area is 159 Å². The van der Waals surface area contributed by atoms with E-state index in [-0.39, 0.29) is 24.1 Å². The van der Waals surface area contributed by atoms with Crippen LogP contribution in [0.4, 0.5) is 5.69 Å². The first-order chi connectivity index (χ1) is 12.9. The largest absolute Gasteiger partial charge is 0.349 e. The second kappa shape index (κ2) is 9.85. The lowest BCUT2D eigenvalue weighted by atomic mass is 10.0. The number of aryl methyl sites for hydroxylation is 2. The van der Waals surface area contributed by atoms with Gasteiger partial charge in [0.05, 0.1) is 17.5 Å². The molecule has 0 spiro atoms. The number of rotatable bonds is 10. The molecule has 1 aromatic heterocycles. The first kappa shape index (κ1) is 20.6. The number of hydrogen-bond donors (Lipinski definition) is 1. The predicted molar refractivity (Wildman–Crippen MR) is 104 cm³/mol. The number of nitrogens with one attached hydrogen (secondary N) is 1. The van der Waals surface area contributed by atoms with Crippen LogP contribution in [0.2, 0.25) is 0 Å². The molecular formula is C20H28N4O3. The molecule has 27 heavy (non-hydrogen) atoms. The van der Waals surface area contributed by atoms with E-state index in [0.29, 0.717) is 17.9 Å². The number of unbranched alkanes of at least 4 members (excludes halogenated alkanes) is 2. The maximum Gasteiger partial charge on any atom is 0.312 e. The SMILES string of the molecule is CCCCCC(NC(=O)CCn1nc(C)c([N+](=O)[O-])c1C)c1ccccc1. The van der Waals surface area contributed by atoms with Crippen molar-refractivity contribution in [2.45, 2.75) is 65.5 Å². The van der Waals surface area contributed by atoms with Crippen molar-refractivity contribution in [3.05, 3.63) is 57.4 Å². The molecule has 1 unspecified atom stereocenters. The van der Waals surface area contributed by atoms with Crippen LogP contribution in [0.1, 0.15) is 62.0 Å². The second-order valence-corrected chi connectivity index (χ2v) is 6.78. The van der Waals surface area contributed by atoms with Crippen LogP contribution in [0, 0.1) is 24.0 Å². The number of carbonyl (C=O) groups is 1. The van der Waals surface area contributed by atoms with E-state index in [2.05, 4.69) is 17.3 Å². The van der Waals surface area contributed by atoms with Gasteiger partial charge in [-0.15, -0.1) is 0 Å². The highest BCUT2D eigenvalue weighted by molar-refractivity contribution is 5.76. The van der Waals surface area contributed by atoms with Crippen molar-refractivity contribution in [1.82, 2.24) is 15.1 Å². The minimum Gasteiger partial charge on any atom is -0.349 e. The smallest absolute Gasteiger partial charge is 0.312 e. The molecule has 0 aliphatic heterocycles. The van der Waals surface area contributed by atoms with Gasteiger partial charge in [-0.1, -0.05) is 56.5 Å². The van der Waals surface area contributed by atoms with Crippen molar-refractivity contribution in [3.63, 3.8) is 0 Å². The van der Waals surface area contributed by atoms with Gasteiger partial charge in [0, 0.05) is 6.42 Å². The van der Waals surface area contributed by atoms with E-state index >= 15 is 0 Å². The number of hydrogen-bond acceptors (Lipinski definition) is 4. The molecule has 7 heteroatoms. The van der Waals surface area contributed by atoms with Crippen molar-refractivity contribution in [1.29, 1.82) is 0 Å². The molecule has 146 valence electrons. The van der Waals surface area contributed by atoms with Crippen LogP contribution in [-0.4, -0.2) is 20.6 Å². The van der Waals surface area contributed by atoms with Gasteiger partial charge in [0.1, 0.15) is 11.4 Å².